The molecule has 0 N–H and O–H groups in total. The van der Waals surface area contributed by atoms with Crippen molar-refractivity contribution < 1.29 is 26.5 Å². The Balaban J connectivity index is 1.92. The second kappa shape index (κ2) is 8.94. The van der Waals surface area contributed by atoms with Gasteiger partial charge in [-0.05, 0) is 50.9 Å². The van der Waals surface area contributed by atoms with Crippen molar-refractivity contribution >= 4 is 10.1 Å². The number of aryl methyl sites for hydroxylation is 1. The van der Waals surface area contributed by atoms with Crippen LogP contribution >= 0.6 is 0 Å². The van der Waals surface area contributed by atoms with Crippen molar-refractivity contribution in [3.63, 3.8) is 0 Å². The Morgan fingerprint density at radius 1 is 1.26 bits per heavy atom. The molecule has 1 aliphatic heterocycles. The standard InChI is InChI=1S/C21H24FN3O5S/c1-15-8-10-16(11-9-15)31(26,27)29-13-12-21(24-25-23,17-6-4-5-7-18(17)22)19-14-28-20(2,3)30-19/h4-11,19H,12-14H2,1-3H3/t19-,21?/m0/s1. The summed E-state index contributed by atoms with van der Waals surface area (Å²) in [6.45, 7) is 4.89. The first-order chi connectivity index (χ1) is 14.6. The Bertz CT molecular complexity index is 1080. The molecule has 1 aliphatic rings. The highest BCUT2D eigenvalue weighted by Gasteiger charge is 2.49. The molecular weight excluding hydrogens is 425 g/mol. The fraction of sp³-hybridized carbons (Fsp3) is 0.429. The zero-order chi connectivity index (χ0) is 22.7. The van der Waals surface area contributed by atoms with Crippen LogP contribution in [0.3, 0.4) is 0 Å². The van der Waals surface area contributed by atoms with Gasteiger partial charge in [-0.2, -0.15) is 8.42 Å². The first-order valence-corrected chi connectivity index (χ1v) is 11.1. The molecule has 2 aromatic rings. The minimum atomic E-state index is -4.05. The van der Waals surface area contributed by atoms with Crippen LogP contribution in [0.15, 0.2) is 58.5 Å². The van der Waals surface area contributed by atoms with Crippen LogP contribution in [-0.2, 0) is 29.3 Å². The topological polar surface area (TPSA) is 111 Å². The van der Waals surface area contributed by atoms with Crippen LogP contribution in [0, 0.1) is 12.7 Å². The van der Waals surface area contributed by atoms with E-state index in [1.54, 1.807) is 32.0 Å². The minimum Gasteiger partial charge on any atom is -0.348 e. The molecule has 2 aromatic carbocycles. The molecule has 0 aliphatic carbocycles. The first kappa shape index (κ1) is 23.2. The molecule has 0 bridgehead atoms. The lowest BCUT2D eigenvalue weighted by Gasteiger charge is -2.34. The van der Waals surface area contributed by atoms with Gasteiger partial charge in [-0.1, -0.05) is 41.0 Å². The number of hydrogen-bond acceptors (Lipinski definition) is 6. The molecule has 0 radical (unpaired) electrons. The van der Waals surface area contributed by atoms with Crippen LogP contribution < -0.4 is 0 Å². The van der Waals surface area contributed by atoms with Crippen molar-refractivity contribution in [3.8, 4) is 0 Å². The Labute approximate surface area is 180 Å². The third kappa shape index (κ3) is 5.06. The fourth-order valence-electron chi connectivity index (χ4n) is 3.53. The highest BCUT2D eigenvalue weighted by atomic mass is 32.2. The van der Waals surface area contributed by atoms with Gasteiger partial charge in [-0.25, -0.2) is 4.39 Å². The van der Waals surface area contributed by atoms with Crippen molar-refractivity contribution in [2.75, 3.05) is 13.2 Å². The van der Waals surface area contributed by atoms with E-state index in [0.717, 1.165) is 5.56 Å². The number of halogens is 1. The smallest absolute Gasteiger partial charge is 0.296 e. The van der Waals surface area contributed by atoms with E-state index in [0.29, 0.717) is 0 Å². The summed E-state index contributed by atoms with van der Waals surface area (Å²) in [4.78, 5) is 2.92. The summed E-state index contributed by atoms with van der Waals surface area (Å²) in [5.74, 6) is -1.58. The molecule has 1 unspecified atom stereocenters. The number of benzene rings is 2. The normalized spacial score (nSPS) is 20.1. The lowest BCUT2D eigenvalue weighted by molar-refractivity contribution is -0.148. The average Bonchev–Trinajstić information content (AvgIpc) is 3.08. The number of nitrogens with zero attached hydrogens (tertiary/aromatic N) is 3. The van der Waals surface area contributed by atoms with E-state index in [-0.39, 0.29) is 30.1 Å². The SMILES string of the molecule is Cc1ccc(S(=O)(=O)OCCC(N=[N+]=[N-])(c2ccccc2F)[C@@H]2COC(C)(C)O2)cc1. The summed E-state index contributed by atoms with van der Waals surface area (Å²) >= 11 is 0. The summed E-state index contributed by atoms with van der Waals surface area (Å²) in [6.07, 6.45) is -0.992. The highest BCUT2D eigenvalue weighted by molar-refractivity contribution is 7.86. The molecule has 166 valence electrons. The lowest BCUT2D eigenvalue weighted by Crippen LogP contribution is -2.42. The molecule has 1 saturated heterocycles. The number of rotatable bonds is 8. The molecule has 3 rings (SSSR count). The second-order valence-electron chi connectivity index (χ2n) is 7.75. The third-order valence-corrected chi connectivity index (χ3v) is 6.46. The van der Waals surface area contributed by atoms with Gasteiger partial charge in [0.1, 0.15) is 11.4 Å². The van der Waals surface area contributed by atoms with Crippen LogP contribution in [0.4, 0.5) is 4.39 Å². The lowest BCUT2D eigenvalue weighted by atomic mass is 9.82. The van der Waals surface area contributed by atoms with E-state index in [9.17, 15) is 18.3 Å². The Morgan fingerprint density at radius 3 is 2.52 bits per heavy atom. The summed E-state index contributed by atoms with van der Waals surface area (Å²) in [5, 5.41) is 3.90. The van der Waals surface area contributed by atoms with Gasteiger partial charge in [-0.3, -0.25) is 4.18 Å². The van der Waals surface area contributed by atoms with Gasteiger partial charge in [0, 0.05) is 10.5 Å². The second-order valence-corrected chi connectivity index (χ2v) is 9.37. The van der Waals surface area contributed by atoms with E-state index in [1.165, 1.54) is 30.3 Å². The van der Waals surface area contributed by atoms with Crippen LogP contribution in [0.2, 0.25) is 0 Å². The minimum absolute atomic E-state index is 0.0000378. The van der Waals surface area contributed by atoms with Crippen molar-refractivity contribution in [3.05, 3.63) is 75.9 Å². The largest absolute Gasteiger partial charge is 0.348 e. The van der Waals surface area contributed by atoms with Crippen LogP contribution in [0.5, 0.6) is 0 Å². The Hall–Kier alpha value is -2.49. The maximum absolute atomic E-state index is 14.8. The molecule has 10 heteroatoms. The Kier molecular flexibility index (Phi) is 6.68. The number of hydrogen-bond donors (Lipinski definition) is 0. The van der Waals surface area contributed by atoms with Crippen molar-refractivity contribution in [2.24, 2.45) is 5.11 Å². The van der Waals surface area contributed by atoms with Gasteiger partial charge in [0.25, 0.3) is 10.1 Å². The fourth-order valence-corrected chi connectivity index (χ4v) is 4.44. The molecule has 8 nitrogen and oxygen atoms in total. The van der Waals surface area contributed by atoms with E-state index < -0.39 is 33.4 Å². The van der Waals surface area contributed by atoms with Crippen molar-refractivity contribution in [1.82, 2.24) is 0 Å². The van der Waals surface area contributed by atoms with Crippen molar-refractivity contribution in [2.45, 2.75) is 49.5 Å². The summed E-state index contributed by atoms with van der Waals surface area (Å²) < 4.78 is 56.6. The quantitative estimate of drug-likeness (QED) is 0.253. The number of ether oxygens (including phenoxy) is 2. The molecule has 0 aromatic heterocycles. The van der Waals surface area contributed by atoms with Crippen molar-refractivity contribution in [1.29, 1.82) is 0 Å². The maximum atomic E-state index is 14.8. The van der Waals surface area contributed by atoms with Gasteiger partial charge in [0.05, 0.1) is 24.2 Å². The van der Waals surface area contributed by atoms with Crippen LogP contribution in [-0.4, -0.2) is 33.5 Å². The molecule has 0 amide bonds. The maximum Gasteiger partial charge on any atom is 0.296 e. The van der Waals surface area contributed by atoms with E-state index in [2.05, 4.69) is 10.0 Å². The molecule has 1 fully saturated rings. The van der Waals surface area contributed by atoms with E-state index in [1.807, 2.05) is 6.92 Å². The molecule has 2 atom stereocenters. The predicted octanol–water partition coefficient (Wildman–Crippen LogP) is 4.59. The molecule has 0 spiro atoms. The van der Waals surface area contributed by atoms with Gasteiger partial charge < -0.3 is 9.47 Å². The third-order valence-electron chi connectivity index (χ3n) is 5.14. The molecule has 31 heavy (non-hydrogen) atoms. The zero-order valence-electron chi connectivity index (χ0n) is 17.5. The van der Waals surface area contributed by atoms with Gasteiger partial charge in [0.15, 0.2) is 5.79 Å². The highest BCUT2D eigenvalue weighted by Crippen LogP contribution is 2.42. The monoisotopic (exact) mass is 449 g/mol. The molecule has 1 heterocycles. The predicted molar refractivity (Wildman–Crippen MR) is 111 cm³/mol. The zero-order valence-corrected chi connectivity index (χ0v) is 18.3. The van der Waals surface area contributed by atoms with E-state index in [4.69, 9.17) is 13.7 Å². The van der Waals surface area contributed by atoms with E-state index >= 15 is 0 Å². The van der Waals surface area contributed by atoms with Gasteiger partial charge in [0.2, 0.25) is 0 Å². The van der Waals surface area contributed by atoms with Gasteiger partial charge >= 0.3 is 0 Å². The summed E-state index contributed by atoms with van der Waals surface area (Å²) in [6, 6.07) is 12.0. The number of azide groups is 1. The molecular formula is C21H24FN3O5S. The Morgan fingerprint density at radius 2 is 1.94 bits per heavy atom. The average molecular weight is 450 g/mol. The summed E-state index contributed by atoms with van der Waals surface area (Å²) in [5.41, 5.74) is 8.70. The molecule has 0 saturated carbocycles. The van der Waals surface area contributed by atoms with Crippen LogP contribution in [0.25, 0.3) is 10.4 Å². The van der Waals surface area contributed by atoms with Gasteiger partial charge in [-0.15, -0.1) is 0 Å². The summed E-state index contributed by atoms with van der Waals surface area (Å²) in [7, 11) is -4.05. The first-order valence-electron chi connectivity index (χ1n) is 9.69. The van der Waals surface area contributed by atoms with Crippen LogP contribution in [0.1, 0.15) is 31.4 Å².